The van der Waals surface area contributed by atoms with Crippen molar-refractivity contribution in [3.8, 4) is 0 Å². The molecule has 0 aromatic heterocycles. The molecule has 0 radical (unpaired) electrons. The minimum Gasteiger partial charge on any atom is -0.272 e. The van der Waals surface area contributed by atoms with Crippen LogP contribution in [0.15, 0.2) is 89.1 Å². The third kappa shape index (κ3) is 7.38. The van der Waals surface area contributed by atoms with Crippen molar-refractivity contribution in [1.82, 2.24) is 10.9 Å². The molecule has 0 bridgehead atoms. The maximum Gasteiger partial charge on any atom is 0.270 e. The van der Waals surface area contributed by atoms with Gasteiger partial charge in [-0.25, -0.2) is 10.9 Å². The quantitative estimate of drug-likeness (QED) is 0.192. The second-order valence-electron chi connectivity index (χ2n) is 7.42. The zero-order chi connectivity index (χ0) is 25.9. The van der Waals surface area contributed by atoms with Crippen LogP contribution in [0.1, 0.15) is 16.7 Å². The molecule has 0 atom stereocenters. The molecule has 12 heteroatoms. The second-order valence-corrected chi connectivity index (χ2v) is 7.42. The molecule has 2 amide bonds. The summed E-state index contributed by atoms with van der Waals surface area (Å²) in [5, 5.41) is 29.4. The molecule has 3 aromatic rings. The van der Waals surface area contributed by atoms with E-state index < -0.39 is 27.6 Å². The van der Waals surface area contributed by atoms with Gasteiger partial charge in [-0.05, 0) is 12.0 Å². The molecule has 36 heavy (non-hydrogen) atoms. The van der Waals surface area contributed by atoms with Crippen LogP contribution >= 0.6 is 0 Å². The standard InChI is InChI=1S/C24H20N6O6/c31-23(27-25-15-18-8-4-10-20(12-18)29(33)34)22(14-17-6-2-1-3-7-17)24(32)28-26-16-19-9-5-11-21(13-19)30(35)36/h1-13,15-16,22H,14H2,(H,27,31)(H,28,32)/b25-15-,26-16-. The summed E-state index contributed by atoms with van der Waals surface area (Å²) in [6.45, 7) is 0. The third-order valence-electron chi connectivity index (χ3n) is 4.85. The van der Waals surface area contributed by atoms with Gasteiger partial charge in [-0.2, -0.15) is 10.2 Å². The number of rotatable bonds is 10. The van der Waals surface area contributed by atoms with Gasteiger partial charge in [0, 0.05) is 35.4 Å². The highest BCUT2D eigenvalue weighted by molar-refractivity contribution is 6.01. The summed E-state index contributed by atoms with van der Waals surface area (Å²) in [7, 11) is 0. The second kappa shape index (κ2) is 12.3. The number of hydrogen-bond donors (Lipinski definition) is 2. The Morgan fingerprint density at radius 3 is 1.67 bits per heavy atom. The molecule has 2 N–H and O–H groups in total. The summed E-state index contributed by atoms with van der Waals surface area (Å²) in [6.07, 6.45) is 2.50. The monoisotopic (exact) mass is 488 g/mol. The van der Waals surface area contributed by atoms with Crippen LogP contribution < -0.4 is 10.9 Å². The number of nitrogens with one attached hydrogen (secondary N) is 2. The fourth-order valence-electron chi connectivity index (χ4n) is 3.09. The van der Waals surface area contributed by atoms with E-state index in [1.165, 1.54) is 48.8 Å². The molecule has 0 unspecified atom stereocenters. The summed E-state index contributed by atoms with van der Waals surface area (Å²) in [4.78, 5) is 46.3. The molecule has 0 heterocycles. The van der Waals surface area contributed by atoms with Crippen LogP contribution in [-0.2, 0) is 16.0 Å². The molecule has 0 aliphatic carbocycles. The Labute approximate surface area is 204 Å². The van der Waals surface area contributed by atoms with Gasteiger partial charge in [-0.1, -0.05) is 54.6 Å². The number of nitro benzene ring substituents is 2. The molecule has 182 valence electrons. The Bertz CT molecular complexity index is 1240. The number of hydrazone groups is 2. The summed E-state index contributed by atoms with van der Waals surface area (Å²) >= 11 is 0. The molecule has 3 aromatic carbocycles. The Morgan fingerprint density at radius 2 is 1.22 bits per heavy atom. The lowest BCUT2D eigenvalue weighted by Crippen LogP contribution is -2.39. The smallest absolute Gasteiger partial charge is 0.270 e. The van der Waals surface area contributed by atoms with Crippen molar-refractivity contribution in [1.29, 1.82) is 0 Å². The van der Waals surface area contributed by atoms with Crippen LogP contribution in [0.4, 0.5) is 11.4 Å². The van der Waals surface area contributed by atoms with Gasteiger partial charge >= 0.3 is 0 Å². The van der Waals surface area contributed by atoms with E-state index in [-0.39, 0.29) is 17.8 Å². The number of benzene rings is 3. The number of hydrogen-bond acceptors (Lipinski definition) is 8. The normalized spacial score (nSPS) is 11.0. The minimum absolute atomic E-state index is 0.0527. The number of nitro groups is 2. The first kappa shape index (κ1) is 25.4. The van der Waals surface area contributed by atoms with Crippen molar-refractivity contribution in [2.45, 2.75) is 6.42 Å². The number of carbonyl (C=O) groups is 2. The summed E-state index contributed by atoms with van der Waals surface area (Å²) in [6, 6.07) is 20.2. The lowest BCUT2D eigenvalue weighted by Gasteiger charge is -2.13. The lowest BCUT2D eigenvalue weighted by atomic mass is 9.98. The van der Waals surface area contributed by atoms with E-state index in [0.717, 1.165) is 5.56 Å². The minimum atomic E-state index is -1.21. The first-order valence-corrected chi connectivity index (χ1v) is 10.5. The van der Waals surface area contributed by atoms with E-state index >= 15 is 0 Å². The Morgan fingerprint density at radius 1 is 0.750 bits per heavy atom. The highest BCUT2D eigenvalue weighted by Crippen LogP contribution is 2.13. The molecule has 12 nitrogen and oxygen atoms in total. The van der Waals surface area contributed by atoms with Gasteiger partial charge in [0.15, 0.2) is 0 Å². The topological polar surface area (TPSA) is 169 Å². The van der Waals surface area contributed by atoms with Crippen LogP contribution in [0.25, 0.3) is 0 Å². The Hall–Kier alpha value is -5.26. The third-order valence-corrected chi connectivity index (χ3v) is 4.85. The molecular weight excluding hydrogens is 468 g/mol. The Kier molecular flexibility index (Phi) is 8.65. The van der Waals surface area contributed by atoms with Crippen molar-refractivity contribution in [3.63, 3.8) is 0 Å². The van der Waals surface area contributed by atoms with E-state index in [2.05, 4.69) is 21.1 Å². The highest BCUT2D eigenvalue weighted by Gasteiger charge is 2.27. The van der Waals surface area contributed by atoms with Gasteiger partial charge in [0.1, 0.15) is 5.92 Å². The molecule has 0 saturated carbocycles. The summed E-state index contributed by atoms with van der Waals surface area (Å²) in [5.74, 6) is -2.65. The van der Waals surface area contributed by atoms with E-state index in [1.54, 1.807) is 42.5 Å². The van der Waals surface area contributed by atoms with Crippen molar-refractivity contribution in [2.24, 2.45) is 16.1 Å². The fourth-order valence-corrected chi connectivity index (χ4v) is 3.09. The molecule has 0 aliphatic rings. The van der Waals surface area contributed by atoms with Crippen molar-refractivity contribution in [3.05, 3.63) is 116 Å². The van der Waals surface area contributed by atoms with Gasteiger partial charge in [-0.3, -0.25) is 29.8 Å². The summed E-state index contributed by atoms with van der Waals surface area (Å²) in [5.41, 5.74) is 5.79. The van der Waals surface area contributed by atoms with Crippen LogP contribution in [0.3, 0.4) is 0 Å². The predicted molar refractivity (Wildman–Crippen MR) is 131 cm³/mol. The average molecular weight is 488 g/mol. The van der Waals surface area contributed by atoms with Crippen LogP contribution in [0, 0.1) is 26.1 Å². The van der Waals surface area contributed by atoms with Crippen molar-refractivity contribution < 1.29 is 19.4 Å². The van der Waals surface area contributed by atoms with E-state index in [1.807, 2.05) is 0 Å². The number of non-ortho nitro benzene ring substituents is 2. The SMILES string of the molecule is O=C(N/N=C\c1cccc([N+](=O)[O-])c1)C(Cc1ccccc1)C(=O)N/N=C\c1cccc([N+](=O)[O-])c1. The number of nitrogens with zero attached hydrogens (tertiary/aromatic N) is 4. The number of amides is 2. The molecule has 3 rings (SSSR count). The van der Waals surface area contributed by atoms with Gasteiger partial charge < -0.3 is 0 Å². The molecular formula is C24H20N6O6. The van der Waals surface area contributed by atoms with E-state index in [0.29, 0.717) is 11.1 Å². The van der Waals surface area contributed by atoms with Crippen molar-refractivity contribution >= 4 is 35.6 Å². The first-order chi connectivity index (χ1) is 17.3. The number of carbonyl (C=O) groups excluding carboxylic acids is 2. The maximum absolute atomic E-state index is 12.8. The largest absolute Gasteiger partial charge is 0.272 e. The molecule has 0 saturated heterocycles. The Balaban J connectivity index is 1.71. The molecule has 0 aliphatic heterocycles. The van der Waals surface area contributed by atoms with Crippen molar-refractivity contribution in [2.75, 3.05) is 0 Å². The highest BCUT2D eigenvalue weighted by atomic mass is 16.6. The van der Waals surface area contributed by atoms with E-state index in [9.17, 15) is 29.8 Å². The summed E-state index contributed by atoms with van der Waals surface area (Å²) < 4.78 is 0. The fraction of sp³-hybridized carbons (Fsp3) is 0.0833. The van der Waals surface area contributed by atoms with Gasteiger partial charge in [-0.15, -0.1) is 0 Å². The zero-order valence-electron chi connectivity index (χ0n) is 18.7. The van der Waals surface area contributed by atoms with Gasteiger partial charge in [0.2, 0.25) is 0 Å². The van der Waals surface area contributed by atoms with Crippen LogP contribution in [-0.4, -0.2) is 34.1 Å². The van der Waals surface area contributed by atoms with Gasteiger partial charge in [0.05, 0.1) is 22.3 Å². The van der Waals surface area contributed by atoms with Crippen LogP contribution in [0.5, 0.6) is 0 Å². The molecule has 0 spiro atoms. The zero-order valence-corrected chi connectivity index (χ0v) is 18.7. The first-order valence-electron chi connectivity index (χ1n) is 10.5. The lowest BCUT2D eigenvalue weighted by molar-refractivity contribution is -0.385. The van der Waals surface area contributed by atoms with E-state index in [4.69, 9.17) is 0 Å². The maximum atomic E-state index is 12.8. The van der Waals surface area contributed by atoms with Crippen LogP contribution in [0.2, 0.25) is 0 Å². The average Bonchev–Trinajstić information content (AvgIpc) is 2.88. The predicted octanol–water partition coefficient (Wildman–Crippen LogP) is 2.96. The molecule has 0 fully saturated rings. The van der Waals surface area contributed by atoms with Gasteiger partial charge in [0.25, 0.3) is 23.2 Å².